The van der Waals surface area contributed by atoms with Gasteiger partial charge in [0.15, 0.2) is 0 Å². The zero-order chi connectivity index (χ0) is 34.2. The molecule has 0 saturated carbocycles. The minimum Gasteiger partial charge on any atom is -0.309 e. The van der Waals surface area contributed by atoms with Crippen molar-refractivity contribution in [2.24, 2.45) is 0 Å². The van der Waals surface area contributed by atoms with Crippen molar-refractivity contribution < 1.29 is 0 Å². The molecule has 0 aliphatic rings. The fourth-order valence-corrected chi connectivity index (χ4v) is 8.57. The maximum atomic E-state index is 2.48. The Hall–Kier alpha value is -6.90. The van der Waals surface area contributed by atoms with Gasteiger partial charge in [-0.05, 0) is 69.2 Å². The van der Waals surface area contributed by atoms with Crippen LogP contribution in [0.15, 0.2) is 194 Å². The highest BCUT2D eigenvalue weighted by Gasteiger charge is 2.19. The summed E-state index contributed by atoms with van der Waals surface area (Å²) in [6.45, 7) is 0. The third kappa shape index (κ3) is 4.25. The summed E-state index contributed by atoms with van der Waals surface area (Å²) in [5, 5.41) is 10.1. The summed E-state index contributed by atoms with van der Waals surface area (Å²) in [6, 6.07) is 71.0. The van der Waals surface area contributed by atoms with E-state index in [9.17, 15) is 0 Å². The van der Waals surface area contributed by atoms with E-state index in [1.54, 1.807) is 0 Å². The summed E-state index contributed by atoms with van der Waals surface area (Å²) in [7, 11) is 0. The molecule has 11 aromatic rings. The molecular formula is C50H32N2. The maximum absolute atomic E-state index is 2.48. The van der Waals surface area contributed by atoms with Crippen LogP contribution in [0.2, 0.25) is 0 Å². The molecule has 2 heterocycles. The van der Waals surface area contributed by atoms with Crippen LogP contribution in [0.5, 0.6) is 0 Å². The molecule has 2 aromatic heterocycles. The molecule has 11 rings (SSSR count). The molecule has 9 aromatic carbocycles. The molecule has 0 fully saturated rings. The lowest BCUT2D eigenvalue weighted by Crippen LogP contribution is -1.97. The summed E-state index contributed by atoms with van der Waals surface area (Å²) in [4.78, 5) is 0. The number of hydrogen-bond donors (Lipinski definition) is 0. The zero-order valence-electron chi connectivity index (χ0n) is 28.4. The molecular weight excluding hydrogens is 629 g/mol. The van der Waals surface area contributed by atoms with Gasteiger partial charge in [0.1, 0.15) is 0 Å². The molecule has 52 heavy (non-hydrogen) atoms. The smallest absolute Gasteiger partial charge is 0.0547 e. The van der Waals surface area contributed by atoms with Gasteiger partial charge in [0.2, 0.25) is 0 Å². The van der Waals surface area contributed by atoms with Crippen LogP contribution >= 0.6 is 0 Å². The minimum atomic E-state index is 1.18. The second-order valence-corrected chi connectivity index (χ2v) is 13.7. The molecule has 0 aliphatic heterocycles. The van der Waals surface area contributed by atoms with E-state index in [2.05, 4.69) is 203 Å². The fraction of sp³-hybridized carbons (Fsp3) is 0. The second kappa shape index (κ2) is 11.3. The predicted octanol–water partition coefficient (Wildman–Crippen LogP) is 13.5. The van der Waals surface area contributed by atoms with Crippen LogP contribution in [-0.2, 0) is 0 Å². The first-order chi connectivity index (χ1) is 25.8. The monoisotopic (exact) mass is 660 g/mol. The van der Waals surface area contributed by atoms with Gasteiger partial charge >= 0.3 is 0 Å². The van der Waals surface area contributed by atoms with E-state index in [4.69, 9.17) is 0 Å². The lowest BCUT2D eigenvalue weighted by molar-refractivity contribution is 1.18. The van der Waals surface area contributed by atoms with Gasteiger partial charge in [-0.1, -0.05) is 158 Å². The summed E-state index contributed by atoms with van der Waals surface area (Å²) in [6.07, 6.45) is 0. The lowest BCUT2D eigenvalue weighted by atomic mass is 9.99. The molecule has 242 valence electrons. The number of benzene rings is 9. The highest BCUT2D eigenvalue weighted by molar-refractivity contribution is 6.16. The van der Waals surface area contributed by atoms with E-state index < -0.39 is 0 Å². The molecule has 2 heteroatoms. The predicted molar refractivity (Wildman–Crippen MR) is 221 cm³/mol. The Balaban J connectivity index is 1.18. The molecule has 0 bridgehead atoms. The number of nitrogens with zero attached hydrogens (tertiary/aromatic N) is 2. The summed E-state index contributed by atoms with van der Waals surface area (Å²) < 4.78 is 4.93. The van der Waals surface area contributed by atoms with E-state index in [1.165, 1.54) is 98.8 Å². The quantitative estimate of drug-likeness (QED) is 0.166. The van der Waals surface area contributed by atoms with Gasteiger partial charge in [-0.25, -0.2) is 0 Å². The fourth-order valence-electron chi connectivity index (χ4n) is 8.57. The maximum Gasteiger partial charge on any atom is 0.0547 e. The molecule has 0 amide bonds. The Bertz CT molecular complexity index is 3180. The summed E-state index contributed by atoms with van der Waals surface area (Å²) in [5.74, 6) is 0. The highest BCUT2D eigenvalue weighted by atomic mass is 15.0. The second-order valence-electron chi connectivity index (χ2n) is 13.7. The Labute approximate surface area is 301 Å². The molecule has 0 unspecified atom stereocenters. The van der Waals surface area contributed by atoms with Crippen LogP contribution in [0, 0.1) is 0 Å². The van der Waals surface area contributed by atoms with E-state index in [0.717, 1.165) is 0 Å². The van der Waals surface area contributed by atoms with Crippen LogP contribution in [0.4, 0.5) is 0 Å². The molecule has 0 atom stereocenters. The van der Waals surface area contributed by atoms with Crippen molar-refractivity contribution in [3.8, 4) is 33.6 Å². The Morgan fingerprint density at radius 2 is 0.731 bits per heavy atom. The normalized spacial score (nSPS) is 11.8. The van der Waals surface area contributed by atoms with Crippen molar-refractivity contribution in [1.29, 1.82) is 0 Å². The third-order valence-corrected chi connectivity index (χ3v) is 10.9. The van der Waals surface area contributed by atoms with Gasteiger partial charge in [-0.3, -0.25) is 0 Å². The van der Waals surface area contributed by atoms with Crippen molar-refractivity contribution in [2.45, 2.75) is 0 Å². The summed E-state index contributed by atoms with van der Waals surface area (Å²) >= 11 is 0. The van der Waals surface area contributed by atoms with Crippen LogP contribution < -0.4 is 0 Å². The molecule has 0 radical (unpaired) electrons. The van der Waals surface area contributed by atoms with Gasteiger partial charge in [-0.15, -0.1) is 0 Å². The first kappa shape index (κ1) is 28.9. The number of para-hydroxylation sites is 3. The van der Waals surface area contributed by atoms with E-state index in [1.807, 2.05) is 0 Å². The van der Waals surface area contributed by atoms with Gasteiger partial charge in [-0.2, -0.15) is 0 Å². The average Bonchev–Trinajstić information content (AvgIpc) is 3.73. The van der Waals surface area contributed by atoms with E-state index in [0.29, 0.717) is 0 Å². The molecule has 2 nitrogen and oxygen atoms in total. The summed E-state index contributed by atoms with van der Waals surface area (Å²) in [5.41, 5.74) is 12.0. The van der Waals surface area contributed by atoms with Crippen molar-refractivity contribution in [1.82, 2.24) is 9.13 Å². The Kier molecular flexibility index (Phi) is 6.28. The van der Waals surface area contributed by atoms with Crippen molar-refractivity contribution >= 4 is 65.2 Å². The SMILES string of the molecule is c1ccc(-c2ccccc2-n2c3ccccc3c3ccc(-c4ccc5c6ccccc6n(-c6cc7ccccc7c7ccccc67)c5c4)cc32)cc1. The Morgan fingerprint density at radius 1 is 0.250 bits per heavy atom. The highest BCUT2D eigenvalue weighted by Crippen LogP contribution is 2.41. The standard InChI is InChI=1S/C50H32N2/c1-2-14-33(15-3-1)38-18-8-11-23-45(38)51-46-24-12-9-21-41(46)43-28-26-34(30-48(43)51)35-27-29-44-42-22-10-13-25-47(42)52(49(44)31-35)50-32-36-16-4-5-17-37(36)39-19-6-7-20-40(39)50/h1-32H. The van der Waals surface area contributed by atoms with Gasteiger partial charge in [0.05, 0.1) is 33.4 Å². The number of fused-ring (bicyclic) bond motifs is 9. The zero-order valence-corrected chi connectivity index (χ0v) is 28.4. The number of aromatic nitrogens is 2. The molecule has 0 saturated heterocycles. The van der Waals surface area contributed by atoms with Gasteiger partial charge < -0.3 is 9.13 Å². The minimum absolute atomic E-state index is 1.18. The van der Waals surface area contributed by atoms with Crippen molar-refractivity contribution in [3.63, 3.8) is 0 Å². The van der Waals surface area contributed by atoms with Crippen molar-refractivity contribution in [3.05, 3.63) is 194 Å². The van der Waals surface area contributed by atoms with E-state index >= 15 is 0 Å². The molecule has 0 aliphatic carbocycles. The van der Waals surface area contributed by atoms with Crippen LogP contribution in [0.1, 0.15) is 0 Å². The van der Waals surface area contributed by atoms with Crippen LogP contribution in [0.3, 0.4) is 0 Å². The largest absolute Gasteiger partial charge is 0.309 e. The molecule has 0 spiro atoms. The average molecular weight is 661 g/mol. The first-order valence-corrected chi connectivity index (χ1v) is 17.9. The van der Waals surface area contributed by atoms with Gasteiger partial charge in [0, 0.05) is 32.5 Å². The van der Waals surface area contributed by atoms with Crippen LogP contribution in [0.25, 0.3) is 98.8 Å². The number of hydrogen-bond acceptors (Lipinski definition) is 0. The van der Waals surface area contributed by atoms with Crippen LogP contribution in [-0.4, -0.2) is 9.13 Å². The lowest BCUT2D eigenvalue weighted by Gasteiger charge is -2.15. The molecule has 0 N–H and O–H groups in total. The topological polar surface area (TPSA) is 9.86 Å². The van der Waals surface area contributed by atoms with Crippen molar-refractivity contribution in [2.75, 3.05) is 0 Å². The van der Waals surface area contributed by atoms with Gasteiger partial charge in [0.25, 0.3) is 0 Å². The Morgan fingerprint density at radius 3 is 1.40 bits per heavy atom. The first-order valence-electron chi connectivity index (χ1n) is 17.9. The van der Waals surface area contributed by atoms with E-state index in [-0.39, 0.29) is 0 Å². The number of rotatable bonds is 4. The third-order valence-electron chi connectivity index (χ3n) is 10.9.